The van der Waals surface area contributed by atoms with Gasteiger partial charge in [-0.25, -0.2) is 19.7 Å². The van der Waals surface area contributed by atoms with E-state index in [2.05, 4.69) is 293 Å². The summed E-state index contributed by atoms with van der Waals surface area (Å²) in [6.07, 6.45) is 26.5. The van der Waals surface area contributed by atoms with Gasteiger partial charge in [0.1, 0.15) is 35.8 Å². The monoisotopic (exact) mass is 1770 g/mol. The fraction of sp³-hybridized carbons (Fsp3) is 0.375. The highest BCUT2D eigenvalue weighted by Crippen LogP contribution is 2.20. The van der Waals surface area contributed by atoms with Crippen LogP contribution in [0.1, 0.15) is 198 Å². The van der Waals surface area contributed by atoms with Gasteiger partial charge in [-0.2, -0.15) is 0 Å². The van der Waals surface area contributed by atoms with Crippen molar-refractivity contribution in [2.45, 2.75) is 184 Å². The highest BCUT2D eigenvalue weighted by molar-refractivity contribution is 5.94. The second-order valence-electron chi connectivity index (χ2n) is 24.3. The van der Waals surface area contributed by atoms with Crippen LogP contribution in [0, 0.1) is 40.5 Å². The van der Waals surface area contributed by atoms with Crippen LogP contribution in [0.25, 0.3) is 10.9 Å². The van der Waals surface area contributed by atoms with E-state index in [0.29, 0.717) is 23.8 Å². The number of hydrogen-bond acceptors (Lipinski definition) is 14. The van der Waals surface area contributed by atoms with Crippen LogP contribution in [-0.4, -0.2) is 155 Å². The molecule has 16 heteroatoms. The number of ketones is 3. The van der Waals surface area contributed by atoms with Gasteiger partial charge in [0.15, 0.2) is 5.78 Å². The van der Waals surface area contributed by atoms with Crippen LogP contribution in [-0.2, 0) is 21.4 Å². The topological polar surface area (TPSA) is 181 Å². The Labute approximate surface area is 787 Å². The molecule has 0 amide bonds. The number of allylic oxidation sites excluding steroid dienone is 4. The number of ether oxygens (including phenoxy) is 2. The number of nitrogens with zero attached hydrogens (tertiary/aromatic N) is 8. The minimum atomic E-state index is -0.291. The highest BCUT2D eigenvalue weighted by atomic mass is 16.5. The predicted molar refractivity (Wildman–Crippen MR) is 576 cm³/mol. The number of esters is 1. The molecule has 3 saturated heterocycles. The van der Waals surface area contributed by atoms with Crippen molar-refractivity contribution in [3.8, 4) is 5.75 Å². The molecule has 3 fully saturated rings. The SMILES string of the molecule is C=C.C=C.C=C.C=C.C=C.C=C.C=C.C=C.C=C.CC.CC.CC.CC.CC(=O)c1ccccc1.CC(C)=O.CC1C=CC=C1.CCC.CCC.CN1CCC(=O)C1.CN1CCCCC1.CN1CCNCC1.COC(=O)c1ccccc1.COc1ccccc1.Cc1[nH]c2ccccc2c1C.Cc1ccccc1.Cc1ccncc1.Cc1ncncn1.Cn1cccc1. The number of aromatic amines is 1. The number of aryl methyl sites for hydroxylation is 6. The number of piperidine rings is 1. The molecule has 0 radical (unpaired) electrons. The maximum absolute atomic E-state index is 10.8. The molecule has 3 aliphatic heterocycles. The zero-order valence-electron chi connectivity index (χ0n) is 86.2. The van der Waals surface area contributed by atoms with Gasteiger partial charge in [0.05, 0.1) is 26.3 Å². The molecule has 4 aliphatic rings. The average Bonchev–Trinajstić information content (AvgIpc) is 1.68. The van der Waals surface area contributed by atoms with Crippen molar-refractivity contribution in [3.63, 3.8) is 0 Å². The Balaban J connectivity index is -0.0000000812. The van der Waals surface area contributed by atoms with Crippen molar-refractivity contribution in [1.29, 1.82) is 0 Å². The van der Waals surface area contributed by atoms with Gasteiger partial charge in [0.2, 0.25) is 0 Å². The minimum absolute atomic E-state index is 0.121. The number of likely N-dealkylation sites (tertiary alicyclic amines) is 2. The van der Waals surface area contributed by atoms with Gasteiger partial charge in [-0.15, -0.1) is 118 Å². The van der Waals surface area contributed by atoms with Crippen LogP contribution in [0.5, 0.6) is 5.75 Å². The molecule has 5 aromatic carbocycles. The van der Waals surface area contributed by atoms with Crippen molar-refractivity contribution < 1.29 is 28.7 Å². The van der Waals surface area contributed by atoms with Gasteiger partial charge in [-0.1, -0.05) is 254 Å². The van der Waals surface area contributed by atoms with E-state index in [-0.39, 0.29) is 17.5 Å². The summed E-state index contributed by atoms with van der Waals surface area (Å²) in [5.74, 6) is 2.73. The normalized spacial score (nSPS) is 10.6. The lowest BCUT2D eigenvalue weighted by atomic mass is 10.1. The number of benzene rings is 5. The summed E-state index contributed by atoms with van der Waals surface area (Å²) in [6.45, 7) is 104. The Hall–Kier alpha value is -11.7. The van der Waals surface area contributed by atoms with Crippen LogP contribution < -0.4 is 10.1 Å². The Bertz CT molecular complexity index is 3460. The van der Waals surface area contributed by atoms with E-state index in [4.69, 9.17) is 4.74 Å². The Morgan fingerprint density at radius 2 is 0.797 bits per heavy atom. The smallest absolute Gasteiger partial charge is 0.337 e. The van der Waals surface area contributed by atoms with E-state index in [9.17, 15) is 19.2 Å². The lowest BCUT2D eigenvalue weighted by molar-refractivity contribution is -0.117. The van der Waals surface area contributed by atoms with Gasteiger partial charge in [0, 0.05) is 93.1 Å². The van der Waals surface area contributed by atoms with Crippen LogP contribution in [0.2, 0.25) is 0 Å². The zero-order chi connectivity index (χ0) is 102. The molecular formula is C112H186N10O6. The number of carbonyl (C=O) groups excluding carboxylic acids is 4. The number of H-pyrrole nitrogens is 1. The van der Waals surface area contributed by atoms with Crippen molar-refractivity contribution in [1.82, 2.24) is 49.5 Å². The number of nitrogens with one attached hydrogen (secondary N) is 2. The highest BCUT2D eigenvalue weighted by Gasteiger charge is 2.14. The molecule has 720 valence electrons. The third-order valence-electron chi connectivity index (χ3n) is 13.8. The molecule has 0 atom stereocenters. The molecule has 128 heavy (non-hydrogen) atoms. The number of aromatic nitrogens is 6. The van der Waals surface area contributed by atoms with Crippen molar-refractivity contribution in [2.24, 2.45) is 13.0 Å². The van der Waals surface area contributed by atoms with Gasteiger partial charge in [0.25, 0.3) is 0 Å². The van der Waals surface area contributed by atoms with Crippen LogP contribution in [0.15, 0.2) is 350 Å². The van der Waals surface area contributed by atoms with Gasteiger partial charge in [-0.3, -0.25) is 19.5 Å². The fourth-order valence-corrected chi connectivity index (χ4v) is 8.16. The number of fused-ring (bicyclic) bond motifs is 1. The summed E-state index contributed by atoms with van der Waals surface area (Å²) >= 11 is 0. The number of carbonyl (C=O) groups is 4. The lowest BCUT2D eigenvalue weighted by Crippen LogP contribution is -2.40. The summed E-state index contributed by atoms with van der Waals surface area (Å²) in [6, 6.07) is 54.4. The molecule has 4 aromatic heterocycles. The molecule has 0 saturated carbocycles. The molecule has 16 nitrogen and oxygen atoms in total. The Morgan fingerprint density at radius 1 is 0.445 bits per heavy atom. The number of methoxy groups -OCH3 is 2. The second kappa shape index (κ2) is 136. The standard InChI is InChI=1S/C10H11N.C8H8O2.C8H8O.C7H8O.C7H8.C6H7N.C6H13N.C6H8.C5H12N2.C5H9NO.C5H7N.C4H5N3.C3H6O.2C3H8.4C2H6.9C2H4/c1-7-8(2)11-10-6-4-3-5-9(7)10;1-10-8(9)7-5-3-2-4-6-7;1-7(9)8-5-3-2-4-6-8;1-8-7-5-3-2-4-6-7;1-7-5-3-2-4-6-7;1-6-2-4-7-5-3-6;1-7-5-3-2-4-6-7;1-6-4-2-3-5-6;1-7-4-2-6-3-5-7;1-6-3-2-5(7)4-6;1-6-4-2-3-5-6;1-4-6-2-5-3-7-4;1-3(2)4;2*1-3-2;13*1-2/h3-6,11H,1-2H3;2-6H,1H3;2-6H,1H3;2-6H,1H3;2-6H,1H3;2-5H,1H3;2-6H2,1H3;2-6H,1H3;6H,2-5H2,1H3;2-4H2,1H3;2-5H,1H3;2-3H,1H3;1-2H3;2*3H2,1-2H3;4*1-2H3;9*1-2H2. The van der Waals surface area contributed by atoms with Crippen molar-refractivity contribution in [3.05, 3.63) is 389 Å². The largest absolute Gasteiger partial charge is 0.497 e. The van der Waals surface area contributed by atoms with E-state index < -0.39 is 0 Å². The summed E-state index contributed by atoms with van der Waals surface area (Å²) in [4.78, 5) is 66.4. The van der Waals surface area contributed by atoms with Gasteiger partial charge >= 0.3 is 5.97 Å². The Morgan fingerprint density at radius 3 is 1.02 bits per heavy atom. The van der Waals surface area contributed by atoms with E-state index in [1.807, 2.05) is 214 Å². The minimum Gasteiger partial charge on any atom is -0.497 e. The van der Waals surface area contributed by atoms with E-state index >= 15 is 0 Å². The van der Waals surface area contributed by atoms with E-state index in [1.54, 1.807) is 50.7 Å². The predicted octanol–water partition coefficient (Wildman–Crippen LogP) is 29.4. The van der Waals surface area contributed by atoms with Crippen LogP contribution in [0.3, 0.4) is 0 Å². The summed E-state index contributed by atoms with van der Waals surface area (Å²) < 4.78 is 11.4. The maximum atomic E-state index is 10.8. The molecule has 7 heterocycles. The quantitative estimate of drug-likeness (QED) is 0.0968. The number of likely N-dealkylation sites (N-methyl/N-ethyl adjacent to an activating group) is 2. The van der Waals surface area contributed by atoms with E-state index in [1.165, 1.54) is 125 Å². The zero-order valence-corrected chi connectivity index (χ0v) is 86.2. The first kappa shape index (κ1) is 151. The number of rotatable bonds is 3. The summed E-state index contributed by atoms with van der Waals surface area (Å²) in [7, 11) is 11.3. The van der Waals surface area contributed by atoms with Crippen LogP contribution in [0.4, 0.5) is 0 Å². The molecule has 13 rings (SSSR count). The fourth-order valence-electron chi connectivity index (χ4n) is 8.16. The van der Waals surface area contributed by atoms with Crippen molar-refractivity contribution in [2.75, 3.05) is 87.7 Å². The number of piperazine rings is 1. The molecule has 0 bridgehead atoms. The van der Waals surface area contributed by atoms with Gasteiger partial charge in [-0.05, 0) is 174 Å². The first-order valence-electron chi connectivity index (χ1n) is 43.9. The lowest BCUT2D eigenvalue weighted by Gasteiger charge is -2.21. The summed E-state index contributed by atoms with van der Waals surface area (Å²) in [5, 5.41) is 4.61. The van der Waals surface area contributed by atoms with Crippen molar-refractivity contribution >= 4 is 34.2 Å². The molecule has 9 aromatic rings. The maximum Gasteiger partial charge on any atom is 0.337 e. The van der Waals surface area contributed by atoms with Gasteiger partial charge < -0.3 is 38.9 Å². The van der Waals surface area contributed by atoms with Crippen LogP contribution >= 0.6 is 0 Å². The molecule has 2 N–H and O–H groups in total. The van der Waals surface area contributed by atoms with E-state index in [0.717, 1.165) is 43.2 Å². The number of hydrogen-bond donors (Lipinski definition) is 2. The summed E-state index contributed by atoms with van der Waals surface area (Å²) in [5.41, 5.74) is 7.81. The first-order valence-corrected chi connectivity index (χ1v) is 43.9. The number of pyridine rings is 1. The number of Topliss-reactive ketones (excluding diaryl/α,β-unsaturated/α-hetero) is 3. The molecule has 0 unspecified atom stereocenters. The molecule has 1 aliphatic carbocycles. The molecule has 0 spiro atoms. The number of para-hydroxylation sites is 2. The average molecular weight is 1770 g/mol. The first-order chi connectivity index (χ1) is 62.0. The third kappa shape index (κ3) is 121. The second-order valence-corrected chi connectivity index (χ2v) is 24.3. The molecular weight excluding hydrogens is 1580 g/mol. The third-order valence-corrected chi connectivity index (χ3v) is 13.8. The Kier molecular flexibility index (Phi) is 160.